The van der Waals surface area contributed by atoms with Gasteiger partial charge in [0, 0.05) is 23.2 Å². The van der Waals surface area contributed by atoms with Gasteiger partial charge in [-0.2, -0.15) is 13.2 Å². The van der Waals surface area contributed by atoms with Crippen molar-refractivity contribution in [2.75, 3.05) is 6.61 Å². The van der Waals surface area contributed by atoms with Crippen LogP contribution in [0, 0.1) is 0 Å². The fourth-order valence-electron chi connectivity index (χ4n) is 3.56. The quantitative estimate of drug-likeness (QED) is 0.321. The molecular formula is C25H22F3N3O3. The summed E-state index contributed by atoms with van der Waals surface area (Å²) in [5, 5.41) is 0.699. The molecule has 0 saturated carbocycles. The highest BCUT2D eigenvalue weighted by atomic mass is 19.4. The van der Waals surface area contributed by atoms with E-state index in [4.69, 9.17) is 9.47 Å². The fourth-order valence-corrected chi connectivity index (χ4v) is 3.56. The minimum absolute atomic E-state index is 0.0296. The molecule has 0 spiro atoms. The van der Waals surface area contributed by atoms with Gasteiger partial charge in [0.15, 0.2) is 0 Å². The van der Waals surface area contributed by atoms with Gasteiger partial charge in [0.25, 0.3) is 0 Å². The number of aromatic nitrogens is 3. The highest BCUT2D eigenvalue weighted by Gasteiger charge is 2.30. The predicted molar refractivity (Wildman–Crippen MR) is 121 cm³/mol. The number of carbonyl (C=O) groups is 1. The Morgan fingerprint density at radius 3 is 2.41 bits per heavy atom. The van der Waals surface area contributed by atoms with Crippen molar-refractivity contribution in [2.24, 2.45) is 0 Å². The molecule has 9 heteroatoms. The average Bonchev–Trinajstić information content (AvgIpc) is 3.18. The normalized spacial score (nSPS) is 11.7. The Morgan fingerprint density at radius 1 is 1.03 bits per heavy atom. The van der Waals surface area contributed by atoms with Crippen LogP contribution in [0.15, 0.2) is 60.9 Å². The summed E-state index contributed by atoms with van der Waals surface area (Å²) in [6, 6.07) is 12.8. The summed E-state index contributed by atoms with van der Waals surface area (Å²) in [5.74, 6) is -0.0426. The first-order chi connectivity index (χ1) is 16.2. The van der Waals surface area contributed by atoms with Crippen molar-refractivity contribution in [2.45, 2.75) is 33.1 Å². The second-order valence-corrected chi connectivity index (χ2v) is 7.81. The van der Waals surface area contributed by atoms with Crippen LogP contribution in [-0.4, -0.2) is 33.2 Å². The molecule has 0 amide bonds. The van der Waals surface area contributed by atoms with Crippen LogP contribution < -0.4 is 4.74 Å². The van der Waals surface area contributed by atoms with Gasteiger partial charge in [-0.05, 0) is 57.2 Å². The van der Waals surface area contributed by atoms with E-state index >= 15 is 0 Å². The summed E-state index contributed by atoms with van der Waals surface area (Å²) in [4.78, 5) is 21.0. The van der Waals surface area contributed by atoms with E-state index in [9.17, 15) is 18.0 Å². The maximum Gasteiger partial charge on any atom is 0.417 e. The van der Waals surface area contributed by atoms with E-state index in [1.54, 1.807) is 54.1 Å². The molecule has 0 unspecified atom stereocenters. The molecule has 0 atom stereocenters. The van der Waals surface area contributed by atoms with Crippen molar-refractivity contribution in [3.63, 3.8) is 0 Å². The molecule has 0 bridgehead atoms. The number of benzene rings is 1. The summed E-state index contributed by atoms with van der Waals surface area (Å²) in [7, 11) is 0. The number of hydrogen-bond donors (Lipinski definition) is 0. The van der Waals surface area contributed by atoms with E-state index < -0.39 is 17.7 Å². The number of ether oxygens (including phenoxy) is 2. The fraction of sp³-hybridized carbons (Fsp3) is 0.240. The van der Waals surface area contributed by atoms with Crippen LogP contribution in [0.3, 0.4) is 0 Å². The second-order valence-electron chi connectivity index (χ2n) is 7.81. The summed E-state index contributed by atoms with van der Waals surface area (Å²) in [6.45, 7) is 5.73. The van der Waals surface area contributed by atoms with Gasteiger partial charge >= 0.3 is 12.1 Å². The Kier molecular flexibility index (Phi) is 6.28. The maximum absolute atomic E-state index is 12.9. The van der Waals surface area contributed by atoms with Crippen LogP contribution >= 0.6 is 0 Å². The van der Waals surface area contributed by atoms with Gasteiger partial charge in [0.05, 0.1) is 41.4 Å². The summed E-state index contributed by atoms with van der Waals surface area (Å²) in [6.07, 6.45) is -2.07. The van der Waals surface area contributed by atoms with Crippen LogP contribution in [0.25, 0.3) is 27.8 Å². The van der Waals surface area contributed by atoms with Crippen LogP contribution in [0.4, 0.5) is 13.2 Å². The third-order valence-electron chi connectivity index (χ3n) is 5.01. The van der Waals surface area contributed by atoms with Crippen LogP contribution in [0.2, 0.25) is 0 Å². The smallest absolute Gasteiger partial charge is 0.417 e. The number of alkyl halides is 3. The number of esters is 1. The van der Waals surface area contributed by atoms with Gasteiger partial charge in [-0.15, -0.1) is 0 Å². The van der Waals surface area contributed by atoms with Crippen molar-refractivity contribution in [3.8, 4) is 22.8 Å². The zero-order valence-corrected chi connectivity index (χ0v) is 18.8. The van der Waals surface area contributed by atoms with E-state index in [1.165, 1.54) is 6.07 Å². The SMILES string of the molecule is CCOC(=O)c1cc2cc(-c3ccc(C(F)(F)F)cn3)ccc2n1-c1ccc(OC(C)C)nc1. The lowest BCUT2D eigenvalue weighted by molar-refractivity contribution is -0.137. The molecule has 4 aromatic rings. The highest BCUT2D eigenvalue weighted by Crippen LogP contribution is 2.32. The molecule has 34 heavy (non-hydrogen) atoms. The maximum atomic E-state index is 12.9. The second kappa shape index (κ2) is 9.17. The highest BCUT2D eigenvalue weighted by molar-refractivity contribution is 5.98. The zero-order chi connectivity index (χ0) is 24.5. The number of hydrogen-bond acceptors (Lipinski definition) is 5. The number of fused-ring (bicyclic) bond motifs is 1. The number of halogens is 3. The van der Waals surface area contributed by atoms with Crippen molar-refractivity contribution in [3.05, 3.63) is 72.2 Å². The molecule has 0 aliphatic carbocycles. The molecule has 6 nitrogen and oxygen atoms in total. The first-order valence-corrected chi connectivity index (χ1v) is 10.7. The standard InChI is InChI=1S/C25H22F3N3O3/c1-4-33-24(32)22-12-17-11-16(20-8-6-18(13-29-20)25(26,27)28)5-9-21(17)31(22)19-7-10-23(30-14-19)34-15(2)3/h5-15H,4H2,1-3H3. The Labute approximate surface area is 194 Å². The molecule has 3 aromatic heterocycles. The van der Waals surface area contributed by atoms with E-state index in [2.05, 4.69) is 9.97 Å². The third kappa shape index (κ3) is 4.73. The Balaban J connectivity index is 1.79. The van der Waals surface area contributed by atoms with E-state index in [-0.39, 0.29) is 12.7 Å². The van der Waals surface area contributed by atoms with Crippen molar-refractivity contribution in [1.82, 2.24) is 14.5 Å². The summed E-state index contributed by atoms with van der Waals surface area (Å²) < 4.78 is 51.1. The van der Waals surface area contributed by atoms with Crippen LogP contribution in [0.5, 0.6) is 5.88 Å². The van der Waals surface area contributed by atoms with E-state index in [1.807, 2.05) is 13.8 Å². The first-order valence-electron chi connectivity index (χ1n) is 10.7. The van der Waals surface area contributed by atoms with Gasteiger partial charge in [-0.25, -0.2) is 9.78 Å². The molecule has 4 rings (SSSR count). The molecule has 0 N–H and O–H groups in total. The molecular weight excluding hydrogens is 447 g/mol. The molecule has 0 radical (unpaired) electrons. The Hall–Kier alpha value is -3.88. The van der Waals surface area contributed by atoms with E-state index in [0.29, 0.717) is 39.4 Å². The lowest BCUT2D eigenvalue weighted by atomic mass is 10.1. The van der Waals surface area contributed by atoms with Crippen molar-refractivity contribution >= 4 is 16.9 Å². The van der Waals surface area contributed by atoms with Gasteiger partial charge in [0.2, 0.25) is 5.88 Å². The predicted octanol–water partition coefficient (Wildman–Crippen LogP) is 6.07. The van der Waals surface area contributed by atoms with Gasteiger partial charge < -0.3 is 14.0 Å². The van der Waals surface area contributed by atoms with Crippen molar-refractivity contribution in [1.29, 1.82) is 0 Å². The van der Waals surface area contributed by atoms with Crippen LogP contribution in [0.1, 0.15) is 36.8 Å². The average molecular weight is 469 g/mol. The zero-order valence-electron chi connectivity index (χ0n) is 18.8. The number of rotatable bonds is 6. The minimum atomic E-state index is -4.45. The molecule has 0 saturated heterocycles. The molecule has 0 fully saturated rings. The third-order valence-corrected chi connectivity index (χ3v) is 5.01. The van der Waals surface area contributed by atoms with Crippen LogP contribution in [-0.2, 0) is 10.9 Å². The number of nitrogens with zero attached hydrogens (tertiary/aromatic N) is 3. The number of pyridine rings is 2. The number of carbonyl (C=O) groups excluding carboxylic acids is 1. The minimum Gasteiger partial charge on any atom is -0.475 e. The molecule has 0 aliphatic heterocycles. The van der Waals surface area contributed by atoms with Gasteiger partial charge in [-0.3, -0.25) is 4.98 Å². The monoisotopic (exact) mass is 469 g/mol. The molecule has 0 aliphatic rings. The van der Waals surface area contributed by atoms with Gasteiger partial charge in [-0.1, -0.05) is 6.07 Å². The Bertz CT molecular complexity index is 1310. The van der Waals surface area contributed by atoms with E-state index in [0.717, 1.165) is 12.3 Å². The largest absolute Gasteiger partial charge is 0.475 e. The molecule has 3 heterocycles. The lowest BCUT2D eigenvalue weighted by Crippen LogP contribution is -2.11. The Morgan fingerprint density at radius 2 is 1.82 bits per heavy atom. The van der Waals surface area contributed by atoms with Crippen molar-refractivity contribution < 1.29 is 27.4 Å². The molecule has 176 valence electrons. The summed E-state index contributed by atoms with van der Waals surface area (Å²) in [5.41, 5.74) is 1.83. The first kappa shape index (κ1) is 23.3. The topological polar surface area (TPSA) is 66.2 Å². The lowest BCUT2D eigenvalue weighted by Gasteiger charge is -2.12. The summed E-state index contributed by atoms with van der Waals surface area (Å²) >= 11 is 0. The van der Waals surface area contributed by atoms with Gasteiger partial charge in [0.1, 0.15) is 5.69 Å². The molecule has 1 aromatic carbocycles.